The maximum atomic E-state index is 12.9. The van der Waals surface area contributed by atoms with Crippen molar-refractivity contribution in [1.82, 2.24) is 0 Å². The minimum Gasteiger partial charge on any atom is -0.462 e. The maximum Gasteiger partial charge on any atom is 0.306 e. The van der Waals surface area contributed by atoms with Gasteiger partial charge in [0.1, 0.15) is 13.2 Å². The third-order valence-corrected chi connectivity index (χ3v) is 14.2. The van der Waals surface area contributed by atoms with Crippen molar-refractivity contribution in [2.45, 2.75) is 335 Å². The van der Waals surface area contributed by atoms with Crippen LogP contribution in [0.3, 0.4) is 0 Å². The summed E-state index contributed by atoms with van der Waals surface area (Å²) in [7, 11) is 0. The molecule has 0 fully saturated rings. The second-order valence-corrected chi connectivity index (χ2v) is 21.6. The van der Waals surface area contributed by atoms with Crippen LogP contribution in [0.4, 0.5) is 0 Å². The van der Waals surface area contributed by atoms with E-state index in [1.54, 1.807) is 0 Å². The summed E-state index contributed by atoms with van der Waals surface area (Å²) < 4.78 is 16.9. The highest BCUT2D eigenvalue weighted by Gasteiger charge is 2.19. The molecule has 0 aliphatic carbocycles. The lowest BCUT2D eigenvalue weighted by molar-refractivity contribution is -0.167. The Morgan fingerprint density at radius 1 is 0.280 bits per heavy atom. The molecule has 0 aliphatic rings. The number of hydrogen-bond donors (Lipinski definition) is 0. The van der Waals surface area contributed by atoms with Crippen molar-refractivity contribution in [3.63, 3.8) is 0 Å². The lowest BCUT2D eigenvalue weighted by Gasteiger charge is -2.18. The number of hydrogen-bond acceptors (Lipinski definition) is 6. The first-order valence-corrected chi connectivity index (χ1v) is 32.4. The van der Waals surface area contributed by atoms with E-state index in [4.69, 9.17) is 14.2 Å². The van der Waals surface area contributed by atoms with Crippen molar-refractivity contribution in [2.75, 3.05) is 13.2 Å². The minimum atomic E-state index is -0.780. The topological polar surface area (TPSA) is 78.9 Å². The molecule has 0 aromatic carbocycles. The Balaban J connectivity index is 4.32. The van der Waals surface area contributed by atoms with Crippen molar-refractivity contribution in [3.8, 4) is 0 Å². The zero-order valence-corrected chi connectivity index (χ0v) is 49.8. The van der Waals surface area contributed by atoms with Gasteiger partial charge in [0.25, 0.3) is 0 Å². The zero-order chi connectivity index (χ0) is 54.3. The average Bonchev–Trinajstić information content (AvgIpc) is 3.41. The standard InChI is InChI=1S/C69H122O6/c1-4-7-10-13-16-19-22-25-28-30-32-33-34-35-36-37-38-40-41-44-47-50-53-56-59-62-68(71)74-65-66(64-73-67(70)61-58-55-52-49-46-43-27-24-21-18-15-12-9-6-3)75-69(72)63-60-57-54-51-48-45-42-39-31-29-26-23-20-17-14-11-8-5-2/h7,10,16,19,24-25,27-28,32-33,35-36,66H,4-6,8-9,11-15,17-18,20-23,26,29-31,34,37-65H2,1-3H3/b10-7-,19-16-,27-24-,28-25-,33-32-,36-35-. The van der Waals surface area contributed by atoms with E-state index in [0.29, 0.717) is 19.3 Å². The monoisotopic (exact) mass is 1050 g/mol. The molecule has 0 bridgehead atoms. The Hall–Kier alpha value is -3.15. The van der Waals surface area contributed by atoms with Gasteiger partial charge in [-0.1, -0.05) is 293 Å². The molecule has 0 heterocycles. The molecule has 0 rings (SSSR count). The highest BCUT2D eigenvalue weighted by Crippen LogP contribution is 2.17. The Bertz CT molecular complexity index is 1390. The van der Waals surface area contributed by atoms with E-state index in [9.17, 15) is 14.4 Å². The Labute approximate surface area is 465 Å². The molecule has 0 N–H and O–H groups in total. The second-order valence-electron chi connectivity index (χ2n) is 21.6. The minimum absolute atomic E-state index is 0.0780. The highest BCUT2D eigenvalue weighted by molar-refractivity contribution is 5.71. The summed E-state index contributed by atoms with van der Waals surface area (Å²) in [6.07, 6.45) is 81.9. The summed E-state index contributed by atoms with van der Waals surface area (Å²) >= 11 is 0. The largest absolute Gasteiger partial charge is 0.462 e. The van der Waals surface area contributed by atoms with Crippen LogP contribution in [-0.2, 0) is 28.6 Å². The second kappa shape index (κ2) is 63.4. The summed E-state index contributed by atoms with van der Waals surface area (Å²) in [5.41, 5.74) is 0. The van der Waals surface area contributed by atoms with Gasteiger partial charge in [0, 0.05) is 19.3 Å². The van der Waals surface area contributed by atoms with Gasteiger partial charge >= 0.3 is 17.9 Å². The van der Waals surface area contributed by atoms with Crippen molar-refractivity contribution in [3.05, 3.63) is 72.9 Å². The Kier molecular flexibility index (Phi) is 60.7. The molecule has 0 saturated heterocycles. The van der Waals surface area contributed by atoms with Crippen LogP contribution in [0, 0.1) is 0 Å². The summed E-state index contributed by atoms with van der Waals surface area (Å²) in [5.74, 6) is -0.874. The molecule has 1 unspecified atom stereocenters. The maximum absolute atomic E-state index is 12.9. The van der Waals surface area contributed by atoms with Crippen LogP contribution >= 0.6 is 0 Å². The third-order valence-electron chi connectivity index (χ3n) is 14.2. The van der Waals surface area contributed by atoms with Crippen LogP contribution in [0.5, 0.6) is 0 Å². The highest BCUT2D eigenvalue weighted by atomic mass is 16.6. The smallest absolute Gasteiger partial charge is 0.306 e. The predicted molar refractivity (Wildman–Crippen MR) is 325 cm³/mol. The number of allylic oxidation sites excluding steroid dienone is 12. The Morgan fingerprint density at radius 3 is 0.827 bits per heavy atom. The molecule has 0 saturated carbocycles. The van der Waals surface area contributed by atoms with Gasteiger partial charge < -0.3 is 14.2 Å². The fourth-order valence-electron chi connectivity index (χ4n) is 9.35. The number of rotatable bonds is 59. The first kappa shape index (κ1) is 71.8. The van der Waals surface area contributed by atoms with Crippen molar-refractivity contribution < 1.29 is 28.6 Å². The van der Waals surface area contributed by atoms with E-state index < -0.39 is 6.10 Å². The van der Waals surface area contributed by atoms with Crippen LogP contribution in [0.25, 0.3) is 0 Å². The summed E-state index contributed by atoms with van der Waals surface area (Å²) in [4.78, 5) is 38.3. The lowest BCUT2D eigenvalue weighted by Crippen LogP contribution is -2.30. The van der Waals surface area contributed by atoms with Crippen molar-refractivity contribution >= 4 is 17.9 Å². The van der Waals surface area contributed by atoms with Gasteiger partial charge in [0.05, 0.1) is 0 Å². The van der Waals surface area contributed by atoms with Crippen LogP contribution in [-0.4, -0.2) is 37.2 Å². The van der Waals surface area contributed by atoms with E-state index >= 15 is 0 Å². The van der Waals surface area contributed by atoms with Gasteiger partial charge in [-0.05, 0) is 89.9 Å². The SMILES string of the molecule is CC/C=C\C/C=C\C/C=C\C/C=C\C/C=C\CCCCCCCCCCCC(=O)OCC(COC(=O)CCCCCCC/C=C\CCCCCCC)OC(=O)CCCCCCCCCCCCCCCCCCCC. The molecule has 75 heavy (non-hydrogen) atoms. The predicted octanol–water partition coefficient (Wildman–Crippen LogP) is 22.1. The summed E-state index contributed by atoms with van der Waals surface area (Å²) in [6, 6.07) is 0. The van der Waals surface area contributed by atoms with Gasteiger partial charge in [0.2, 0.25) is 0 Å². The van der Waals surface area contributed by atoms with E-state index in [1.807, 2.05) is 0 Å². The molecule has 0 aliphatic heterocycles. The number of carbonyl (C=O) groups is 3. The van der Waals surface area contributed by atoms with Crippen LogP contribution < -0.4 is 0 Å². The first-order chi connectivity index (χ1) is 37.0. The van der Waals surface area contributed by atoms with Crippen molar-refractivity contribution in [1.29, 1.82) is 0 Å². The van der Waals surface area contributed by atoms with Gasteiger partial charge in [0.15, 0.2) is 6.10 Å². The number of esters is 3. The van der Waals surface area contributed by atoms with E-state index in [-0.39, 0.29) is 31.1 Å². The molecule has 6 heteroatoms. The molecular formula is C69H122O6. The molecule has 6 nitrogen and oxygen atoms in total. The third kappa shape index (κ3) is 61.6. The van der Waals surface area contributed by atoms with Gasteiger partial charge in [-0.3, -0.25) is 14.4 Å². The zero-order valence-electron chi connectivity index (χ0n) is 49.8. The fraction of sp³-hybridized carbons (Fsp3) is 0.783. The van der Waals surface area contributed by atoms with Crippen LogP contribution in [0.1, 0.15) is 329 Å². The molecule has 0 amide bonds. The first-order valence-electron chi connectivity index (χ1n) is 32.4. The molecular weight excluding hydrogens is 925 g/mol. The van der Waals surface area contributed by atoms with Gasteiger partial charge in [-0.2, -0.15) is 0 Å². The lowest BCUT2D eigenvalue weighted by atomic mass is 10.0. The van der Waals surface area contributed by atoms with E-state index in [1.165, 1.54) is 186 Å². The van der Waals surface area contributed by atoms with Crippen LogP contribution in [0.15, 0.2) is 72.9 Å². The molecule has 0 aromatic rings. The fourth-order valence-corrected chi connectivity index (χ4v) is 9.35. The average molecular weight is 1050 g/mol. The van der Waals surface area contributed by atoms with Crippen LogP contribution in [0.2, 0.25) is 0 Å². The normalized spacial score (nSPS) is 12.5. The molecule has 0 radical (unpaired) electrons. The number of ether oxygens (including phenoxy) is 3. The van der Waals surface area contributed by atoms with E-state index in [2.05, 4.69) is 93.7 Å². The summed E-state index contributed by atoms with van der Waals surface area (Å²) in [5, 5.41) is 0. The number of carbonyl (C=O) groups excluding carboxylic acids is 3. The molecule has 0 spiro atoms. The van der Waals surface area contributed by atoms with Gasteiger partial charge in [-0.15, -0.1) is 0 Å². The van der Waals surface area contributed by atoms with Gasteiger partial charge in [-0.25, -0.2) is 0 Å². The summed E-state index contributed by atoms with van der Waals surface area (Å²) in [6.45, 7) is 6.55. The van der Waals surface area contributed by atoms with E-state index in [0.717, 1.165) is 103 Å². The molecule has 0 aromatic heterocycles. The Morgan fingerprint density at radius 2 is 0.520 bits per heavy atom. The molecule has 434 valence electrons. The van der Waals surface area contributed by atoms with Crippen molar-refractivity contribution in [2.24, 2.45) is 0 Å². The number of unbranched alkanes of at least 4 members (excludes halogenated alkanes) is 36. The quantitative estimate of drug-likeness (QED) is 0.0261. The molecule has 1 atom stereocenters.